The Morgan fingerprint density at radius 2 is 2.22 bits per heavy atom. The number of fused-ring (bicyclic) bond motifs is 1. The van der Waals surface area contributed by atoms with E-state index in [2.05, 4.69) is 59.1 Å². The van der Waals surface area contributed by atoms with Gasteiger partial charge in [0.15, 0.2) is 0 Å². The van der Waals surface area contributed by atoms with Crippen LogP contribution in [0.15, 0.2) is 24.3 Å². The van der Waals surface area contributed by atoms with Gasteiger partial charge in [-0.15, -0.1) is 0 Å². The van der Waals surface area contributed by atoms with E-state index in [4.69, 9.17) is 4.98 Å². The molecule has 94 valence electrons. The zero-order valence-corrected chi connectivity index (χ0v) is 12.7. The number of nitrogens with zero attached hydrogens (tertiary/aromatic N) is 1. The Morgan fingerprint density at radius 3 is 2.94 bits per heavy atom. The van der Waals surface area contributed by atoms with Crippen molar-refractivity contribution >= 4 is 39.2 Å². The molecule has 1 fully saturated rings. The SMILES string of the molecule is CCCNc1cc(C2CC2)nc2c(I)cccc12. The lowest BCUT2D eigenvalue weighted by Crippen LogP contribution is -2.02. The van der Waals surface area contributed by atoms with Crippen LogP contribution in [0.2, 0.25) is 0 Å². The summed E-state index contributed by atoms with van der Waals surface area (Å²) in [4.78, 5) is 4.86. The highest BCUT2D eigenvalue weighted by Crippen LogP contribution is 2.41. The van der Waals surface area contributed by atoms with Crippen LogP contribution in [0.5, 0.6) is 0 Å². The van der Waals surface area contributed by atoms with Gasteiger partial charge in [0.05, 0.1) is 5.52 Å². The van der Waals surface area contributed by atoms with Gasteiger partial charge in [-0.2, -0.15) is 0 Å². The summed E-state index contributed by atoms with van der Waals surface area (Å²) in [5.41, 5.74) is 3.67. The third-order valence-electron chi connectivity index (χ3n) is 3.37. The van der Waals surface area contributed by atoms with Crippen molar-refractivity contribution in [3.8, 4) is 0 Å². The molecule has 0 unspecified atom stereocenters. The van der Waals surface area contributed by atoms with Crippen molar-refractivity contribution in [3.05, 3.63) is 33.5 Å². The summed E-state index contributed by atoms with van der Waals surface area (Å²) in [6, 6.07) is 8.67. The highest BCUT2D eigenvalue weighted by Gasteiger charge is 2.26. The number of hydrogen-bond donors (Lipinski definition) is 1. The molecule has 1 aromatic heterocycles. The molecule has 0 saturated heterocycles. The van der Waals surface area contributed by atoms with Gasteiger partial charge in [0.25, 0.3) is 0 Å². The van der Waals surface area contributed by atoms with Gasteiger partial charge >= 0.3 is 0 Å². The van der Waals surface area contributed by atoms with E-state index in [-0.39, 0.29) is 0 Å². The third-order valence-corrected chi connectivity index (χ3v) is 4.24. The minimum Gasteiger partial charge on any atom is -0.384 e. The second-order valence-corrected chi connectivity index (χ2v) is 6.09. The molecular weight excluding hydrogens is 335 g/mol. The van der Waals surface area contributed by atoms with Crippen LogP contribution in [-0.4, -0.2) is 11.5 Å². The molecule has 0 atom stereocenters. The zero-order chi connectivity index (χ0) is 12.5. The lowest BCUT2D eigenvalue weighted by atomic mass is 10.1. The Balaban J connectivity index is 2.14. The number of para-hydroxylation sites is 1. The maximum absolute atomic E-state index is 4.86. The van der Waals surface area contributed by atoms with E-state index in [9.17, 15) is 0 Å². The van der Waals surface area contributed by atoms with Crippen LogP contribution in [0.25, 0.3) is 10.9 Å². The van der Waals surface area contributed by atoms with Crippen molar-refractivity contribution in [1.29, 1.82) is 0 Å². The Labute approximate surface area is 121 Å². The van der Waals surface area contributed by atoms with E-state index in [1.165, 1.54) is 33.2 Å². The smallest absolute Gasteiger partial charge is 0.0859 e. The lowest BCUT2D eigenvalue weighted by Gasteiger charge is -2.12. The second-order valence-electron chi connectivity index (χ2n) is 4.93. The van der Waals surface area contributed by atoms with E-state index < -0.39 is 0 Å². The van der Waals surface area contributed by atoms with Gasteiger partial charge in [-0.3, -0.25) is 4.98 Å². The summed E-state index contributed by atoms with van der Waals surface area (Å²) in [6.45, 7) is 3.22. The predicted molar refractivity (Wildman–Crippen MR) is 85.2 cm³/mol. The fourth-order valence-electron chi connectivity index (χ4n) is 2.23. The van der Waals surface area contributed by atoms with Gasteiger partial charge in [-0.05, 0) is 54.0 Å². The number of rotatable bonds is 4. The molecule has 1 heterocycles. The first-order valence-electron chi connectivity index (χ1n) is 6.62. The van der Waals surface area contributed by atoms with Crippen LogP contribution in [0.3, 0.4) is 0 Å². The molecule has 0 radical (unpaired) electrons. The number of halogens is 1. The van der Waals surface area contributed by atoms with E-state index in [1.807, 2.05) is 0 Å². The summed E-state index contributed by atoms with van der Waals surface area (Å²) in [7, 11) is 0. The number of hydrogen-bond acceptors (Lipinski definition) is 2. The van der Waals surface area contributed by atoms with Crippen molar-refractivity contribution in [2.75, 3.05) is 11.9 Å². The molecule has 0 spiro atoms. The largest absolute Gasteiger partial charge is 0.384 e. The Morgan fingerprint density at radius 1 is 1.39 bits per heavy atom. The van der Waals surface area contributed by atoms with Crippen LogP contribution >= 0.6 is 22.6 Å². The molecule has 3 rings (SSSR count). The summed E-state index contributed by atoms with van der Waals surface area (Å²) >= 11 is 2.38. The topological polar surface area (TPSA) is 24.9 Å². The van der Waals surface area contributed by atoms with E-state index in [0.717, 1.165) is 18.5 Å². The van der Waals surface area contributed by atoms with Crippen LogP contribution in [0, 0.1) is 3.57 Å². The fraction of sp³-hybridized carbons (Fsp3) is 0.400. The van der Waals surface area contributed by atoms with Gasteiger partial charge < -0.3 is 5.32 Å². The summed E-state index contributed by atoms with van der Waals surface area (Å²) in [5.74, 6) is 0.701. The number of aromatic nitrogens is 1. The highest BCUT2D eigenvalue weighted by molar-refractivity contribution is 14.1. The normalized spacial score (nSPS) is 15.0. The first-order valence-corrected chi connectivity index (χ1v) is 7.70. The molecule has 2 aromatic rings. The third kappa shape index (κ3) is 2.32. The molecule has 18 heavy (non-hydrogen) atoms. The standard InChI is InChI=1S/C15H17IN2/c1-2-8-17-14-9-13(10-6-7-10)18-15-11(14)4-3-5-12(15)16/h3-5,9-10H,2,6-8H2,1H3,(H,17,18). The first kappa shape index (κ1) is 12.2. The van der Waals surface area contributed by atoms with Gasteiger partial charge in [0.2, 0.25) is 0 Å². The molecule has 0 amide bonds. The van der Waals surface area contributed by atoms with Crippen molar-refractivity contribution in [1.82, 2.24) is 4.98 Å². The molecule has 0 aliphatic heterocycles. The van der Waals surface area contributed by atoms with Crippen LogP contribution in [0.1, 0.15) is 37.8 Å². The van der Waals surface area contributed by atoms with Gasteiger partial charge in [-0.25, -0.2) is 0 Å². The van der Waals surface area contributed by atoms with Crippen LogP contribution in [0.4, 0.5) is 5.69 Å². The van der Waals surface area contributed by atoms with E-state index in [1.54, 1.807) is 0 Å². The van der Waals surface area contributed by atoms with Gasteiger partial charge in [0, 0.05) is 32.8 Å². The first-order chi connectivity index (χ1) is 8.79. The summed E-state index contributed by atoms with van der Waals surface area (Å²) in [6.07, 6.45) is 3.75. The molecule has 0 bridgehead atoms. The number of anilines is 1. The molecule has 1 aromatic carbocycles. The molecule has 1 saturated carbocycles. The second kappa shape index (κ2) is 5.03. The molecule has 3 heteroatoms. The molecular formula is C15H17IN2. The van der Waals surface area contributed by atoms with Crippen LogP contribution < -0.4 is 5.32 Å². The average molecular weight is 352 g/mol. The maximum atomic E-state index is 4.86. The van der Waals surface area contributed by atoms with Crippen molar-refractivity contribution in [2.24, 2.45) is 0 Å². The van der Waals surface area contributed by atoms with E-state index >= 15 is 0 Å². The quantitative estimate of drug-likeness (QED) is 0.818. The zero-order valence-electron chi connectivity index (χ0n) is 10.5. The van der Waals surface area contributed by atoms with Crippen molar-refractivity contribution < 1.29 is 0 Å². The lowest BCUT2D eigenvalue weighted by molar-refractivity contribution is 0.976. The van der Waals surface area contributed by atoms with Gasteiger partial charge in [0.1, 0.15) is 0 Å². The maximum Gasteiger partial charge on any atom is 0.0859 e. The highest BCUT2D eigenvalue weighted by atomic mass is 127. The summed E-state index contributed by atoms with van der Waals surface area (Å²) in [5, 5.41) is 4.79. The Kier molecular flexibility index (Phi) is 3.41. The molecule has 1 N–H and O–H groups in total. The molecule has 1 aliphatic rings. The number of pyridine rings is 1. The van der Waals surface area contributed by atoms with Gasteiger partial charge in [-0.1, -0.05) is 19.1 Å². The summed E-state index contributed by atoms with van der Waals surface area (Å²) < 4.78 is 1.24. The van der Waals surface area contributed by atoms with Crippen LogP contribution in [-0.2, 0) is 0 Å². The number of nitrogens with one attached hydrogen (secondary N) is 1. The molecule has 1 aliphatic carbocycles. The minimum atomic E-state index is 0.701. The van der Waals surface area contributed by atoms with Crippen molar-refractivity contribution in [3.63, 3.8) is 0 Å². The minimum absolute atomic E-state index is 0.701. The number of benzene rings is 1. The Hall–Kier alpha value is -0.840. The van der Waals surface area contributed by atoms with Crippen molar-refractivity contribution in [2.45, 2.75) is 32.1 Å². The predicted octanol–water partition coefficient (Wildman–Crippen LogP) is 4.54. The Bertz CT molecular complexity index is 576. The monoisotopic (exact) mass is 352 g/mol. The molecule has 2 nitrogen and oxygen atoms in total. The van der Waals surface area contributed by atoms with E-state index in [0.29, 0.717) is 5.92 Å². The average Bonchev–Trinajstić information content (AvgIpc) is 3.21. The fourth-order valence-corrected chi connectivity index (χ4v) is 2.85.